The predicted molar refractivity (Wildman–Crippen MR) is 149 cm³/mol. The lowest BCUT2D eigenvalue weighted by atomic mass is 10.1. The van der Waals surface area contributed by atoms with Crippen LogP contribution in [0.2, 0.25) is 5.02 Å². The highest BCUT2D eigenvalue weighted by molar-refractivity contribution is 7.97. The summed E-state index contributed by atoms with van der Waals surface area (Å²) in [6, 6.07) is 14.6. The first-order valence-electron chi connectivity index (χ1n) is 11.8. The summed E-state index contributed by atoms with van der Waals surface area (Å²) in [6.45, 7) is 12.0. The Bertz CT molecular complexity index is 989. The fourth-order valence-corrected chi connectivity index (χ4v) is 7.00. The number of rotatable bonds is 8. The van der Waals surface area contributed by atoms with Gasteiger partial charge in [0.15, 0.2) is 0 Å². The molecule has 2 aliphatic rings. The van der Waals surface area contributed by atoms with Crippen molar-refractivity contribution in [3.8, 4) is 6.07 Å². The van der Waals surface area contributed by atoms with Gasteiger partial charge in [-0.15, -0.1) is 12.4 Å². The standard InChI is InChI=1S/C26H33ClN4S2.ClH/c1-20-15-26(21(2)14-25(20)27)33-31-8-6-22(19-31)7-13-32-30-11-9-29(10-12-30)18-24-5-3-4-23(16-24)17-28;/h3-5,14-16,22H,6-13,18-19H2,1-2H3;1H. The Hall–Kier alpha value is -0.910. The van der Waals surface area contributed by atoms with Crippen LogP contribution >= 0.6 is 47.9 Å². The number of piperazine rings is 1. The van der Waals surface area contributed by atoms with Gasteiger partial charge in [0, 0.05) is 61.5 Å². The number of nitrogens with zero attached hydrogens (tertiary/aromatic N) is 4. The molecule has 8 heteroatoms. The predicted octanol–water partition coefficient (Wildman–Crippen LogP) is 6.44. The van der Waals surface area contributed by atoms with Gasteiger partial charge < -0.3 is 0 Å². The summed E-state index contributed by atoms with van der Waals surface area (Å²) in [7, 11) is 0. The molecule has 184 valence electrons. The van der Waals surface area contributed by atoms with Gasteiger partial charge in [-0.05, 0) is 85.5 Å². The first kappa shape index (κ1) is 27.7. The fraction of sp³-hybridized carbons (Fsp3) is 0.500. The zero-order valence-corrected chi connectivity index (χ0v) is 23.2. The molecule has 0 bridgehead atoms. The largest absolute Gasteiger partial charge is 0.296 e. The molecular weight excluding hydrogens is 503 g/mol. The number of aryl methyl sites for hydroxylation is 2. The number of halogens is 2. The van der Waals surface area contributed by atoms with Crippen LogP contribution in [-0.4, -0.2) is 58.5 Å². The third-order valence-electron chi connectivity index (χ3n) is 6.53. The summed E-state index contributed by atoms with van der Waals surface area (Å²) in [5.74, 6) is 2.01. The number of hydrogen-bond acceptors (Lipinski definition) is 6. The highest BCUT2D eigenvalue weighted by Gasteiger charge is 2.24. The summed E-state index contributed by atoms with van der Waals surface area (Å²) < 4.78 is 5.08. The quantitative estimate of drug-likeness (QED) is 0.361. The van der Waals surface area contributed by atoms with Crippen molar-refractivity contribution < 1.29 is 0 Å². The zero-order valence-electron chi connectivity index (χ0n) is 20.0. The van der Waals surface area contributed by atoms with E-state index in [1.165, 1.54) is 47.7 Å². The normalized spacial score (nSPS) is 19.6. The van der Waals surface area contributed by atoms with Gasteiger partial charge in [-0.25, -0.2) is 8.61 Å². The maximum atomic E-state index is 9.09. The Morgan fingerprint density at radius 3 is 2.59 bits per heavy atom. The van der Waals surface area contributed by atoms with E-state index in [9.17, 15) is 0 Å². The Labute approximate surface area is 224 Å². The van der Waals surface area contributed by atoms with E-state index in [-0.39, 0.29) is 12.4 Å². The third kappa shape index (κ3) is 7.80. The Morgan fingerprint density at radius 2 is 1.82 bits per heavy atom. The highest BCUT2D eigenvalue weighted by atomic mass is 35.5. The Kier molecular flexibility index (Phi) is 10.9. The molecule has 0 N–H and O–H groups in total. The molecule has 34 heavy (non-hydrogen) atoms. The number of nitriles is 1. The van der Waals surface area contributed by atoms with Crippen LogP contribution < -0.4 is 0 Å². The van der Waals surface area contributed by atoms with Crippen molar-refractivity contribution in [2.75, 3.05) is 45.0 Å². The molecule has 0 aliphatic carbocycles. The van der Waals surface area contributed by atoms with Gasteiger partial charge in [0.1, 0.15) is 0 Å². The van der Waals surface area contributed by atoms with Crippen molar-refractivity contribution in [3.05, 3.63) is 63.7 Å². The van der Waals surface area contributed by atoms with E-state index in [0.29, 0.717) is 0 Å². The fourth-order valence-electron chi connectivity index (χ4n) is 4.47. The van der Waals surface area contributed by atoms with Crippen molar-refractivity contribution in [3.63, 3.8) is 0 Å². The molecule has 1 unspecified atom stereocenters. The van der Waals surface area contributed by atoms with Crippen LogP contribution in [0.1, 0.15) is 35.1 Å². The third-order valence-corrected chi connectivity index (χ3v) is 9.31. The Balaban J connectivity index is 0.00000324. The second-order valence-electron chi connectivity index (χ2n) is 9.14. The van der Waals surface area contributed by atoms with E-state index in [1.807, 2.05) is 42.1 Å². The molecule has 0 amide bonds. The molecule has 2 heterocycles. The van der Waals surface area contributed by atoms with Crippen LogP contribution in [0.5, 0.6) is 0 Å². The van der Waals surface area contributed by atoms with Gasteiger partial charge in [0.05, 0.1) is 11.6 Å². The summed E-state index contributed by atoms with van der Waals surface area (Å²) in [4.78, 5) is 3.84. The van der Waals surface area contributed by atoms with Gasteiger partial charge in [-0.3, -0.25) is 4.90 Å². The van der Waals surface area contributed by atoms with Crippen molar-refractivity contribution >= 4 is 47.9 Å². The molecule has 0 spiro atoms. The molecule has 1 atom stereocenters. The Morgan fingerprint density at radius 1 is 1.03 bits per heavy atom. The van der Waals surface area contributed by atoms with Crippen LogP contribution in [0.3, 0.4) is 0 Å². The molecular formula is C26H34Cl2N4S2. The van der Waals surface area contributed by atoms with Gasteiger partial charge >= 0.3 is 0 Å². The lowest BCUT2D eigenvalue weighted by molar-refractivity contribution is 0.189. The average molecular weight is 538 g/mol. The monoisotopic (exact) mass is 536 g/mol. The van der Waals surface area contributed by atoms with Gasteiger partial charge in [-0.2, -0.15) is 5.26 Å². The van der Waals surface area contributed by atoms with E-state index in [1.54, 1.807) is 0 Å². The van der Waals surface area contributed by atoms with Crippen LogP contribution in [0.4, 0.5) is 0 Å². The molecule has 4 rings (SSSR count). The maximum absolute atomic E-state index is 9.09. The first-order valence-corrected chi connectivity index (χ1v) is 13.9. The van der Waals surface area contributed by atoms with E-state index < -0.39 is 0 Å². The minimum Gasteiger partial charge on any atom is -0.296 e. The van der Waals surface area contributed by atoms with Gasteiger partial charge in [0.25, 0.3) is 0 Å². The van der Waals surface area contributed by atoms with E-state index in [4.69, 9.17) is 16.9 Å². The van der Waals surface area contributed by atoms with Crippen molar-refractivity contribution in [1.29, 1.82) is 5.26 Å². The molecule has 4 nitrogen and oxygen atoms in total. The van der Waals surface area contributed by atoms with Crippen LogP contribution in [0.25, 0.3) is 0 Å². The molecule has 2 aromatic carbocycles. The molecule has 2 fully saturated rings. The minimum atomic E-state index is 0. The first-order chi connectivity index (χ1) is 16.0. The summed E-state index contributed by atoms with van der Waals surface area (Å²) >= 11 is 10.2. The van der Waals surface area contributed by atoms with Gasteiger partial charge in [-0.1, -0.05) is 35.7 Å². The van der Waals surface area contributed by atoms with Crippen LogP contribution in [0, 0.1) is 31.1 Å². The summed E-state index contributed by atoms with van der Waals surface area (Å²) in [5, 5.41) is 9.96. The molecule has 0 saturated carbocycles. The zero-order chi connectivity index (χ0) is 23.2. The molecule has 0 aromatic heterocycles. The van der Waals surface area contributed by atoms with E-state index >= 15 is 0 Å². The van der Waals surface area contributed by atoms with Crippen molar-refractivity contribution in [2.45, 2.75) is 38.1 Å². The smallest absolute Gasteiger partial charge is 0.0991 e. The topological polar surface area (TPSA) is 33.5 Å². The average Bonchev–Trinajstić information content (AvgIpc) is 3.26. The molecule has 2 saturated heterocycles. The molecule has 0 radical (unpaired) electrons. The van der Waals surface area contributed by atoms with Crippen LogP contribution in [-0.2, 0) is 6.54 Å². The molecule has 2 aliphatic heterocycles. The summed E-state index contributed by atoms with van der Waals surface area (Å²) in [6.07, 6.45) is 2.59. The lowest BCUT2D eigenvalue weighted by Gasteiger charge is -2.34. The highest BCUT2D eigenvalue weighted by Crippen LogP contribution is 2.35. The van der Waals surface area contributed by atoms with Gasteiger partial charge in [0.2, 0.25) is 0 Å². The SMILES string of the molecule is Cc1cc(SN2CCC(CCSN3CCN(Cc4cccc(C#N)c4)CC3)C2)c(C)cc1Cl.Cl. The number of benzene rings is 2. The minimum absolute atomic E-state index is 0. The second kappa shape index (κ2) is 13.4. The number of hydrogen-bond donors (Lipinski definition) is 0. The van der Waals surface area contributed by atoms with Crippen molar-refractivity contribution in [2.24, 2.45) is 5.92 Å². The molecule has 2 aromatic rings. The van der Waals surface area contributed by atoms with E-state index in [0.717, 1.165) is 54.8 Å². The second-order valence-corrected chi connectivity index (χ2v) is 11.9. The summed E-state index contributed by atoms with van der Waals surface area (Å²) in [5.41, 5.74) is 4.42. The maximum Gasteiger partial charge on any atom is 0.0991 e. The van der Waals surface area contributed by atoms with Crippen LogP contribution in [0.15, 0.2) is 41.3 Å². The van der Waals surface area contributed by atoms with E-state index in [2.05, 4.69) is 51.6 Å². The van der Waals surface area contributed by atoms with Crippen molar-refractivity contribution in [1.82, 2.24) is 13.5 Å². The lowest BCUT2D eigenvalue weighted by Crippen LogP contribution is -2.43.